The number of ketones is 1. The van der Waals surface area contributed by atoms with Crippen LogP contribution in [0, 0.1) is 5.41 Å². The lowest BCUT2D eigenvalue weighted by Crippen LogP contribution is -2.45. The Labute approximate surface area is 146 Å². The molecule has 1 saturated heterocycles. The van der Waals surface area contributed by atoms with E-state index in [1.54, 1.807) is 12.1 Å². The van der Waals surface area contributed by atoms with Crippen molar-refractivity contribution in [1.29, 1.82) is 0 Å². The Balaban J connectivity index is 2.28. The minimum Gasteiger partial charge on any atom is -0.502 e. The second kappa shape index (κ2) is 7.81. The molecular formula is C18H22ClNO4. The average molecular weight is 352 g/mol. The van der Waals surface area contributed by atoms with Crippen LogP contribution in [0.3, 0.4) is 0 Å². The molecule has 0 spiro atoms. The lowest BCUT2D eigenvalue weighted by atomic mass is 9.70. The number of carboxylic acids is 1. The number of aliphatic carboxylic acids is 1. The molecule has 0 aromatic heterocycles. The molecule has 1 aliphatic heterocycles. The number of aliphatic hydroxyl groups excluding tert-OH is 1. The second-order valence-corrected chi connectivity index (χ2v) is 6.65. The van der Waals surface area contributed by atoms with Crippen LogP contribution in [-0.4, -0.2) is 46.5 Å². The Bertz CT molecular complexity index is 631. The highest BCUT2D eigenvalue weighted by atomic mass is 35.5. The molecule has 1 aromatic carbocycles. The summed E-state index contributed by atoms with van der Waals surface area (Å²) >= 11 is 5.91. The summed E-state index contributed by atoms with van der Waals surface area (Å²) in [4.78, 5) is 25.8. The molecular weight excluding hydrogens is 330 g/mol. The van der Waals surface area contributed by atoms with Gasteiger partial charge in [-0.2, -0.15) is 0 Å². The number of benzene rings is 1. The van der Waals surface area contributed by atoms with E-state index in [-0.39, 0.29) is 5.78 Å². The number of hydrogen-bond donors (Lipinski definition) is 2. The number of nitrogens with zero attached hydrogens (tertiary/aromatic N) is 1. The van der Waals surface area contributed by atoms with Gasteiger partial charge in [-0.3, -0.25) is 4.79 Å². The van der Waals surface area contributed by atoms with Gasteiger partial charge in [0, 0.05) is 16.5 Å². The van der Waals surface area contributed by atoms with Crippen molar-refractivity contribution in [2.45, 2.75) is 26.2 Å². The van der Waals surface area contributed by atoms with Crippen molar-refractivity contribution in [2.24, 2.45) is 5.41 Å². The third kappa shape index (κ3) is 4.36. The van der Waals surface area contributed by atoms with Crippen LogP contribution in [0.2, 0.25) is 5.02 Å². The molecule has 1 heterocycles. The molecule has 0 bridgehead atoms. The number of piperidine rings is 1. The van der Waals surface area contributed by atoms with Gasteiger partial charge in [0.1, 0.15) is 0 Å². The number of rotatable bonds is 6. The molecule has 0 unspecified atom stereocenters. The summed E-state index contributed by atoms with van der Waals surface area (Å²) in [5.74, 6) is -2.72. The minimum absolute atomic E-state index is 0.326. The lowest BCUT2D eigenvalue weighted by molar-refractivity contribution is -0.136. The van der Waals surface area contributed by atoms with Gasteiger partial charge in [0.05, 0.1) is 0 Å². The molecule has 0 amide bonds. The standard InChI is InChI=1S/C18H22ClNO4/c1-2-20-9-7-18(8-10-20,16(22)11-15(21)17(23)24)12-13-3-5-14(19)6-4-13/h3-6,11,21H,2,7-10,12H2,1H3,(H,23,24)/b15-11-. The number of halogens is 1. The van der Waals surface area contributed by atoms with Gasteiger partial charge in [0.2, 0.25) is 5.76 Å². The van der Waals surface area contributed by atoms with Crippen molar-refractivity contribution in [3.8, 4) is 0 Å². The van der Waals surface area contributed by atoms with Crippen molar-refractivity contribution < 1.29 is 19.8 Å². The fraction of sp³-hybridized carbons (Fsp3) is 0.444. The highest BCUT2D eigenvalue weighted by molar-refractivity contribution is 6.30. The van der Waals surface area contributed by atoms with E-state index in [0.717, 1.165) is 31.3 Å². The van der Waals surface area contributed by atoms with Gasteiger partial charge >= 0.3 is 5.97 Å². The van der Waals surface area contributed by atoms with Crippen LogP contribution in [0.4, 0.5) is 0 Å². The third-order valence-electron chi connectivity index (χ3n) is 4.73. The Morgan fingerprint density at radius 1 is 1.21 bits per heavy atom. The van der Waals surface area contributed by atoms with E-state index >= 15 is 0 Å². The molecule has 24 heavy (non-hydrogen) atoms. The summed E-state index contributed by atoms with van der Waals surface area (Å²) in [6.07, 6.45) is 2.63. The highest BCUT2D eigenvalue weighted by Crippen LogP contribution is 2.37. The van der Waals surface area contributed by atoms with Crippen LogP contribution in [0.15, 0.2) is 36.1 Å². The predicted molar refractivity (Wildman–Crippen MR) is 92.3 cm³/mol. The zero-order valence-corrected chi connectivity index (χ0v) is 14.4. The van der Waals surface area contributed by atoms with Crippen LogP contribution in [0.5, 0.6) is 0 Å². The average Bonchev–Trinajstić information content (AvgIpc) is 2.57. The van der Waals surface area contributed by atoms with Crippen LogP contribution in [0.1, 0.15) is 25.3 Å². The Hall–Kier alpha value is -1.85. The van der Waals surface area contributed by atoms with E-state index in [0.29, 0.717) is 24.3 Å². The molecule has 0 saturated carbocycles. The van der Waals surface area contributed by atoms with Crippen molar-refractivity contribution in [3.05, 3.63) is 46.7 Å². The van der Waals surface area contributed by atoms with Crippen molar-refractivity contribution in [3.63, 3.8) is 0 Å². The number of allylic oxidation sites excluding steroid dienone is 1. The molecule has 2 N–H and O–H groups in total. The fourth-order valence-electron chi connectivity index (χ4n) is 3.14. The zero-order valence-electron chi connectivity index (χ0n) is 13.7. The number of carbonyl (C=O) groups is 2. The Morgan fingerprint density at radius 3 is 2.29 bits per heavy atom. The molecule has 5 nitrogen and oxygen atoms in total. The van der Waals surface area contributed by atoms with E-state index in [1.807, 2.05) is 12.1 Å². The number of likely N-dealkylation sites (tertiary alicyclic amines) is 1. The first-order valence-corrected chi connectivity index (χ1v) is 8.39. The van der Waals surface area contributed by atoms with Crippen molar-refractivity contribution in [1.82, 2.24) is 4.90 Å². The molecule has 1 aliphatic rings. The monoisotopic (exact) mass is 351 g/mol. The van der Waals surface area contributed by atoms with Crippen LogP contribution in [0.25, 0.3) is 0 Å². The van der Waals surface area contributed by atoms with E-state index in [2.05, 4.69) is 11.8 Å². The topological polar surface area (TPSA) is 77.8 Å². The van der Waals surface area contributed by atoms with Crippen molar-refractivity contribution >= 4 is 23.4 Å². The third-order valence-corrected chi connectivity index (χ3v) is 4.98. The molecule has 130 valence electrons. The summed E-state index contributed by atoms with van der Waals surface area (Å²) in [7, 11) is 0. The predicted octanol–water partition coefficient (Wildman–Crippen LogP) is 3.08. The number of aliphatic hydroxyl groups is 1. The molecule has 2 rings (SSSR count). The van der Waals surface area contributed by atoms with Gasteiger partial charge in [-0.1, -0.05) is 30.7 Å². The molecule has 0 atom stereocenters. The van der Waals surface area contributed by atoms with Crippen LogP contribution < -0.4 is 0 Å². The first kappa shape index (κ1) is 18.5. The van der Waals surface area contributed by atoms with Crippen LogP contribution >= 0.6 is 11.6 Å². The molecule has 1 fully saturated rings. The zero-order chi connectivity index (χ0) is 17.7. The summed E-state index contributed by atoms with van der Waals surface area (Å²) in [6, 6.07) is 7.32. The molecule has 1 aromatic rings. The lowest BCUT2D eigenvalue weighted by Gasteiger charge is -2.40. The fourth-order valence-corrected chi connectivity index (χ4v) is 3.27. The van der Waals surface area contributed by atoms with Gasteiger partial charge in [-0.05, 0) is 56.6 Å². The quantitative estimate of drug-likeness (QED) is 0.608. The second-order valence-electron chi connectivity index (χ2n) is 6.22. The van der Waals surface area contributed by atoms with Crippen LogP contribution in [-0.2, 0) is 16.0 Å². The number of carboxylic acid groups (broad SMARTS) is 1. The Morgan fingerprint density at radius 2 is 1.79 bits per heavy atom. The van der Waals surface area contributed by atoms with Gasteiger partial charge in [-0.15, -0.1) is 0 Å². The van der Waals surface area contributed by atoms with E-state index in [4.69, 9.17) is 16.7 Å². The van der Waals surface area contributed by atoms with Crippen molar-refractivity contribution in [2.75, 3.05) is 19.6 Å². The molecule has 0 radical (unpaired) electrons. The maximum Gasteiger partial charge on any atom is 0.371 e. The smallest absolute Gasteiger partial charge is 0.371 e. The molecule has 6 heteroatoms. The van der Waals surface area contributed by atoms with E-state index < -0.39 is 17.1 Å². The highest BCUT2D eigenvalue weighted by Gasteiger charge is 2.40. The first-order valence-electron chi connectivity index (χ1n) is 8.01. The summed E-state index contributed by atoms with van der Waals surface area (Å²) in [6.45, 7) is 4.54. The maximum atomic E-state index is 12.8. The van der Waals surface area contributed by atoms with Gasteiger partial charge < -0.3 is 15.1 Å². The summed E-state index contributed by atoms with van der Waals surface area (Å²) in [5, 5.41) is 18.9. The Kier molecular flexibility index (Phi) is 6.02. The van der Waals surface area contributed by atoms with Gasteiger partial charge in [0.15, 0.2) is 5.78 Å². The maximum absolute atomic E-state index is 12.8. The first-order chi connectivity index (χ1) is 11.4. The minimum atomic E-state index is -1.49. The summed E-state index contributed by atoms with van der Waals surface area (Å²) < 4.78 is 0. The number of carbonyl (C=O) groups excluding carboxylic acids is 1. The normalized spacial score (nSPS) is 18.3. The number of hydrogen-bond acceptors (Lipinski definition) is 4. The summed E-state index contributed by atoms with van der Waals surface area (Å²) in [5.41, 5.74) is 0.282. The van der Waals surface area contributed by atoms with E-state index in [1.165, 1.54) is 0 Å². The molecule has 0 aliphatic carbocycles. The largest absolute Gasteiger partial charge is 0.502 e. The SMILES string of the molecule is CCN1CCC(Cc2ccc(Cl)cc2)(C(=O)/C=C(\O)C(=O)O)CC1. The van der Waals surface area contributed by atoms with E-state index in [9.17, 15) is 14.7 Å². The van der Waals surface area contributed by atoms with Gasteiger partial charge in [0.25, 0.3) is 0 Å². The van der Waals surface area contributed by atoms with Gasteiger partial charge in [-0.25, -0.2) is 4.79 Å².